The van der Waals surface area contributed by atoms with Crippen LogP contribution in [0.1, 0.15) is 25.3 Å². The van der Waals surface area contributed by atoms with E-state index in [2.05, 4.69) is 18.2 Å². The van der Waals surface area contributed by atoms with Crippen LogP contribution in [0.3, 0.4) is 0 Å². The van der Waals surface area contributed by atoms with Crippen LogP contribution >= 0.6 is 11.6 Å². The summed E-state index contributed by atoms with van der Waals surface area (Å²) in [7, 11) is 0. The van der Waals surface area contributed by atoms with Crippen LogP contribution < -0.4 is 10.1 Å². The van der Waals surface area contributed by atoms with Crippen LogP contribution in [0.2, 0.25) is 5.02 Å². The van der Waals surface area contributed by atoms with Crippen molar-refractivity contribution in [2.45, 2.75) is 26.3 Å². The van der Waals surface area contributed by atoms with E-state index in [4.69, 9.17) is 22.8 Å². The fourth-order valence-corrected chi connectivity index (χ4v) is 1.67. The molecule has 1 aromatic rings. The van der Waals surface area contributed by atoms with Crippen LogP contribution in [0.15, 0.2) is 18.2 Å². The highest BCUT2D eigenvalue weighted by Crippen LogP contribution is 2.22. The summed E-state index contributed by atoms with van der Waals surface area (Å²) < 4.78 is 5.46. The van der Waals surface area contributed by atoms with Crippen molar-refractivity contribution in [1.82, 2.24) is 5.32 Å². The zero-order valence-corrected chi connectivity index (χ0v) is 10.9. The Hall–Kier alpha value is -1.17. The minimum absolute atomic E-state index is 0.281. The van der Waals surface area contributed by atoms with Crippen LogP contribution in [0.4, 0.5) is 0 Å². The van der Waals surface area contributed by atoms with Crippen molar-refractivity contribution in [2.75, 3.05) is 13.2 Å². The first-order valence-corrected chi connectivity index (χ1v) is 6.21. The lowest BCUT2D eigenvalue weighted by atomic mass is 10.2. The molecule has 1 N–H and O–H groups in total. The Labute approximate surface area is 108 Å². The molecule has 0 saturated heterocycles. The summed E-state index contributed by atoms with van der Waals surface area (Å²) in [4.78, 5) is 0. The van der Waals surface area contributed by atoms with Gasteiger partial charge in [0.2, 0.25) is 0 Å². The summed E-state index contributed by atoms with van der Waals surface area (Å²) in [6.07, 6.45) is 7.53. The minimum Gasteiger partial charge on any atom is -0.481 e. The normalized spacial score (nSPS) is 9.94. The van der Waals surface area contributed by atoms with Gasteiger partial charge in [0, 0.05) is 17.1 Å². The van der Waals surface area contributed by atoms with Gasteiger partial charge in [-0.05, 0) is 31.2 Å². The molecule has 0 unspecified atom stereocenters. The molecule has 1 aromatic carbocycles. The molecule has 0 fully saturated rings. The molecule has 0 heterocycles. The second kappa shape index (κ2) is 8.00. The third kappa shape index (κ3) is 5.12. The van der Waals surface area contributed by atoms with E-state index in [-0.39, 0.29) is 6.61 Å². The molecule has 0 atom stereocenters. The van der Waals surface area contributed by atoms with Gasteiger partial charge in [0.15, 0.2) is 0 Å². The van der Waals surface area contributed by atoms with Crippen LogP contribution in [-0.2, 0) is 6.54 Å². The van der Waals surface area contributed by atoms with Gasteiger partial charge < -0.3 is 10.1 Å². The Morgan fingerprint density at radius 3 is 3.00 bits per heavy atom. The number of rotatable bonds is 7. The van der Waals surface area contributed by atoms with Crippen LogP contribution in [0.25, 0.3) is 0 Å². The van der Waals surface area contributed by atoms with Crippen molar-refractivity contribution in [2.24, 2.45) is 0 Å². The van der Waals surface area contributed by atoms with E-state index < -0.39 is 0 Å². The largest absolute Gasteiger partial charge is 0.481 e. The third-order valence-corrected chi connectivity index (χ3v) is 2.59. The fraction of sp³-hybridized carbons (Fsp3) is 0.429. The molecule has 3 heteroatoms. The van der Waals surface area contributed by atoms with E-state index in [0.29, 0.717) is 5.02 Å². The van der Waals surface area contributed by atoms with Crippen molar-refractivity contribution in [3.63, 3.8) is 0 Å². The Kier molecular flexibility index (Phi) is 6.54. The second-order valence-corrected chi connectivity index (χ2v) is 4.21. The lowest BCUT2D eigenvalue weighted by molar-refractivity contribution is 0.365. The Bertz CT molecular complexity index is 384. The highest BCUT2D eigenvalue weighted by molar-refractivity contribution is 6.30. The first kappa shape index (κ1) is 13.9. The summed E-state index contributed by atoms with van der Waals surface area (Å²) in [5.41, 5.74) is 1.05. The van der Waals surface area contributed by atoms with Gasteiger partial charge in [-0.25, -0.2) is 0 Å². The number of hydrogen-bond donors (Lipinski definition) is 1. The zero-order valence-electron chi connectivity index (χ0n) is 10.1. The number of terminal acetylenes is 1. The Morgan fingerprint density at radius 2 is 2.29 bits per heavy atom. The van der Waals surface area contributed by atoms with E-state index >= 15 is 0 Å². The second-order valence-electron chi connectivity index (χ2n) is 3.78. The number of benzene rings is 1. The van der Waals surface area contributed by atoms with Crippen LogP contribution in [0.5, 0.6) is 5.75 Å². The molecular weight excluding hydrogens is 234 g/mol. The summed E-state index contributed by atoms with van der Waals surface area (Å²) in [5, 5.41) is 4.07. The van der Waals surface area contributed by atoms with Crippen molar-refractivity contribution >= 4 is 11.6 Å². The summed E-state index contributed by atoms with van der Waals surface area (Å²) in [5.74, 6) is 3.26. The molecule has 0 amide bonds. The van der Waals surface area contributed by atoms with Crippen molar-refractivity contribution in [3.05, 3.63) is 28.8 Å². The fourth-order valence-electron chi connectivity index (χ4n) is 1.47. The van der Waals surface area contributed by atoms with Crippen molar-refractivity contribution in [1.29, 1.82) is 0 Å². The van der Waals surface area contributed by atoms with Gasteiger partial charge in [0.1, 0.15) is 12.4 Å². The predicted molar refractivity (Wildman–Crippen MR) is 72.4 cm³/mol. The number of nitrogens with one attached hydrogen (secondary N) is 1. The first-order chi connectivity index (χ1) is 8.27. The van der Waals surface area contributed by atoms with Gasteiger partial charge >= 0.3 is 0 Å². The summed E-state index contributed by atoms with van der Waals surface area (Å²) in [6.45, 7) is 4.20. The van der Waals surface area contributed by atoms with Gasteiger partial charge in [0.05, 0.1) is 0 Å². The standard InChI is InChI=1S/C14H18ClNO/c1-3-5-8-16-11-12-10-13(15)6-7-14(12)17-9-4-2/h2,6-7,10,16H,3,5,8-9,11H2,1H3. The highest BCUT2D eigenvalue weighted by Gasteiger charge is 2.04. The molecular formula is C14H18ClNO. The van der Waals surface area contributed by atoms with Crippen molar-refractivity contribution in [3.8, 4) is 18.1 Å². The molecule has 0 aromatic heterocycles. The maximum atomic E-state index is 5.97. The summed E-state index contributed by atoms with van der Waals surface area (Å²) >= 11 is 5.97. The van der Waals surface area contributed by atoms with Gasteiger partial charge in [-0.1, -0.05) is 30.9 Å². The van der Waals surface area contributed by atoms with Crippen LogP contribution in [-0.4, -0.2) is 13.2 Å². The molecule has 0 bridgehead atoms. The zero-order chi connectivity index (χ0) is 12.5. The molecule has 0 spiro atoms. The predicted octanol–water partition coefficient (Wildman–Crippen LogP) is 3.24. The maximum absolute atomic E-state index is 5.97. The highest BCUT2D eigenvalue weighted by atomic mass is 35.5. The SMILES string of the molecule is C#CCOc1ccc(Cl)cc1CNCCCC. The Balaban J connectivity index is 2.60. The molecule has 0 aliphatic heterocycles. The molecule has 0 saturated carbocycles. The average Bonchev–Trinajstić information content (AvgIpc) is 2.33. The lowest BCUT2D eigenvalue weighted by Crippen LogP contribution is -2.15. The molecule has 17 heavy (non-hydrogen) atoms. The smallest absolute Gasteiger partial charge is 0.148 e. The monoisotopic (exact) mass is 251 g/mol. The number of ether oxygens (including phenoxy) is 1. The van der Waals surface area contributed by atoms with Gasteiger partial charge in [-0.3, -0.25) is 0 Å². The lowest BCUT2D eigenvalue weighted by Gasteiger charge is -2.11. The number of halogens is 1. The average molecular weight is 252 g/mol. The van der Waals surface area contributed by atoms with Crippen molar-refractivity contribution < 1.29 is 4.74 Å². The Morgan fingerprint density at radius 1 is 1.47 bits per heavy atom. The topological polar surface area (TPSA) is 21.3 Å². The van der Waals surface area contributed by atoms with Gasteiger partial charge in [0.25, 0.3) is 0 Å². The maximum Gasteiger partial charge on any atom is 0.148 e. The van der Waals surface area contributed by atoms with Gasteiger partial charge in [-0.2, -0.15) is 0 Å². The molecule has 0 radical (unpaired) electrons. The molecule has 0 aliphatic rings. The van der Waals surface area contributed by atoms with Crippen LogP contribution in [0, 0.1) is 12.3 Å². The van der Waals surface area contributed by atoms with E-state index in [0.717, 1.165) is 24.4 Å². The molecule has 0 aliphatic carbocycles. The van der Waals surface area contributed by atoms with E-state index in [1.54, 1.807) is 0 Å². The quantitative estimate of drug-likeness (QED) is 0.593. The number of unbranched alkanes of at least 4 members (excludes halogenated alkanes) is 1. The van der Waals surface area contributed by atoms with E-state index in [1.165, 1.54) is 12.8 Å². The van der Waals surface area contributed by atoms with E-state index in [1.807, 2.05) is 18.2 Å². The minimum atomic E-state index is 0.281. The first-order valence-electron chi connectivity index (χ1n) is 5.83. The third-order valence-electron chi connectivity index (χ3n) is 2.36. The summed E-state index contributed by atoms with van der Waals surface area (Å²) in [6, 6.07) is 5.58. The van der Waals surface area contributed by atoms with E-state index in [9.17, 15) is 0 Å². The number of hydrogen-bond acceptors (Lipinski definition) is 2. The molecule has 1 rings (SSSR count). The molecule has 2 nitrogen and oxygen atoms in total. The van der Waals surface area contributed by atoms with Gasteiger partial charge in [-0.15, -0.1) is 6.42 Å². The molecule has 92 valence electrons.